The first-order valence-corrected chi connectivity index (χ1v) is 8.02. The molecule has 1 aromatic heterocycles. The molecule has 0 aliphatic rings. The summed E-state index contributed by atoms with van der Waals surface area (Å²) in [6, 6.07) is 10.5. The van der Waals surface area contributed by atoms with Gasteiger partial charge in [-0.1, -0.05) is 12.1 Å². The van der Waals surface area contributed by atoms with E-state index >= 15 is 0 Å². The molecule has 1 N–H and O–H groups in total. The molecule has 1 heterocycles. The number of hydrogen-bond acceptors (Lipinski definition) is 4. The molecule has 4 heteroatoms. The Morgan fingerprint density at radius 3 is 2.57 bits per heavy atom. The highest BCUT2D eigenvalue weighted by Gasteiger charge is 2.20. The van der Waals surface area contributed by atoms with Gasteiger partial charge in [-0.3, -0.25) is 0 Å². The summed E-state index contributed by atoms with van der Waals surface area (Å²) in [4.78, 5) is 3.58. The summed E-state index contributed by atoms with van der Waals surface area (Å²) in [6.07, 6.45) is 0.428. The van der Waals surface area contributed by atoms with E-state index in [2.05, 4.69) is 36.4 Å². The maximum Gasteiger partial charge on any atom is 0.126 e. The van der Waals surface area contributed by atoms with Crippen LogP contribution in [0, 0.1) is 0 Å². The van der Waals surface area contributed by atoms with Crippen molar-refractivity contribution in [3.63, 3.8) is 0 Å². The number of hydrogen-bond donors (Lipinski definition) is 1. The third-order valence-corrected chi connectivity index (χ3v) is 4.70. The Balaban J connectivity index is 2.27. The fraction of sp³-hybridized carbons (Fsp3) is 0.412. The second-order valence-corrected chi connectivity index (χ2v) is 6.34. The molecule has 2 aromatic rings. The standard InChI is InChI=1S/C17H23NO2S/c1-12(11-14-7-6-10-21-14)18(3)15-8-5-9-16(20-4)17(15)13(2)19/h5-10,12-13,19H,11H2,1-4H3/t12?,13-/m1/s1. The van der Waals surface area contributed by atoms with E-state index in [1.165, 1.54) is 4.88 Å². The quantitative estimate of drug-likeness (QED) is 0.879. The average Bonchev–Trinajstić information content (AvgIpc) is 2.98. The van der Waals surface area contributed by atoms with Crippen LogP contribution < -0.4 is 9.64 Å². The summed E-state index contributed by atoms with van der Waals surface area (Å²) in [5.41, 5.74) is 1.87. The van der Waals surface area contributed by atoms with E-state index < -0.39 is 6.10 Å². The molecule has 0 aliphatic heterocycles. The first-order valence-electron chi connectivity index (χ1n) is 7.14. The van der Waals surface area contributed by atoms with E-state index in [1.54, 1.807) is 25.4 Å². The Morgan fingerprint density at radius 2 is 2.00 bits per heavy atom. The molecular formula is C17H23NO2S. The number of aliphatic hydroxyl groups is 1. The number of anilines is 1. The molecule has 114 valence electrons. The lowest BCUT2D eigenvalue weighted by Gasteiger charge is -2.30. The first-order chi connectivity index (χ1) is 10.0. The molecule has 0 bridgehead atoms. The summed E-state index contributed by atoms with van der Waals surface area (Å²) in [5, 5.41) is 12.2. The van der Waals surface area contributed by atoms with Gasteiger partial charge in [0.05, 0.1) is 13.2 Å². The van der Waals surface area contributed by atoms with Crippen molar-refractivity contribution in [3.05, 3.63) is 46.2 Å². The number of nitrogens with zero attached hydrogens (tertiary/aromatic N) is 1. The lowest BCUT2D eigenvalue weighted by Crippen LogP contribution is -2.31. The molecule has 0 aliphatic carbocycles. The number of ether oxygens (including phenoxy) is 1. The Labute approximate surface area is 130 Å². The van der Waals surface area contributed by atoms with E-state index in [-0.39, 0.29) is 0 Å². The molecule has 1 aromatic carbocycles. The van der Waals surface area contributed by atoms with Crippen molar-refractivity contribution in [3.8, 4) is 5.75 Å². The second kappa shape index (κ2) is 6.96. The highest BCUT2D eigenvalue weighted by atomic mass is 32.1. The van der Waals surface area contributed by atoms with Gasteiger partial charge in [0.1, 0.15) is 5.75 Å². The highest BCUT2D eigenvalue weighted by molar-refractivity contribution is 7.09. The molecule has 21 heavy (non-hydrogen) atoms. The SMILES string of the molecule is COc1cccc(N(C)C(C)Cc2cccs2)c1[C@@H](C)O. The van der Waals surface area contributed by atoms with E-state index in [0.717, 1.165) is 23.4 Å². The topological polar surface area (TPSA) is 32.7 Å². The molecule has 0 saturated heterocycles. The molecule has 1 unspecified atom stereocenters. The van der Waals surface area contributed by atoms with E-state index in [0.29, 0.717) is 6.04 Å². The summed E-state index contributed by atoms with van der Waals surface area (Å²) in [5.74, 6) is 0.734. The molecule has 3 nitrogen and oxygen atoms in total. The maximum atomic E-state index is 10.1. The Kier molecular flexibility index (Phi) is 5.26. The predicted octanol–water partition coefficient (Wildman–Crippen LogP) is 3.88. The number of thiophene rings is 1. The fourth-order valence-corrected chi connectivity index (χ4v) is 3.36. The Hall–Kier alpha value is -1.52. The van der Waals surface area contributed by atoms with Crippen LogP contribution in [0.15, 0.2) is 35.7 Å². The smallest absolute Gasteiger partial charge is 0.126 e. The minimum absolute atomic E-state index is 0.341. The van der Waals surface area contributed by atoms with Crippen LogP contribution in [0.3, 0.4) is 0 Å². The normalized spacial score (nSPS) is 13.8. The van der Waals surface area contributed by atoms with Crippen molar-refractivity contribution in [2.45, 2.75) is 32.4 Å². The molecule has 2 atom stereocenters. The van der Waals surface area contributed by atoms with Crippen LogP contribution in [-0.2, 0) is 6.42 Å². The summed E-state index contributed by atoms with van der Waals surface area (Å²) < 4.78 is 5.40. The van der Waals surface area contributed by atoms with Crippen molar-refractivity contribution in [2.24, 2.45) is 0 Å². The fourth-order valence-electron chi connectivity index (χ4n) is 2.53. The predicted molar refractivity (Wildman–Crippen MR) is 89.5 cm³/mol. The monoisotopic (exact) mass is 305 g/mol. The van der Waals surface area contributed by atoms with Gasteiger partial charge in [-0.15, -0.1) is 11.3 Å². The van der Waals surface area contributed by atoms with Gasteiger partial charge in [-0.05, 0) is 37.4 Å². The van der Waals surface area contributed by atoms with Crippen LogP contribution in [0.2, 0.25) is 0 Å². The third kappa shape index (κ3) is 3.57. The van der Waals surface area contributed by atoms with Crippen molar-refractivity contribution in [2.75, 3.05) is 19.1 Å². The average molecular weight is 305 g/mol. The van der Waals surface area contributed by atoms with Gasteiger partial charge in [0.15, 0.2) is 0 Å². The molecule has 0 saturated carbocycles. The number of likely N-dealkylation sites (N-methyl/N-ethyl adjacent to an activating group) is 1. The van der Waals surface area contributed by atoms with Gasteiger partial charge < -0.3 is 14.7 Å². The van der Waals surface area contributed by atoms with Crippen LogP contribution in [0.5, 0.6) is 5.75 Å². The van der Waals surface area contributed by atoms with Gasteiger partial charge in [-0.25, -0.2) is 0 Å². The summed E-state index contributed by atoms with van der Waals surface area (Å²) in [6.45, 7) is 3.98. The third-order valence-electron chi connectivity index (χ3n) is 3.80. The zero-order valence-electron chi connectivity index (χ0n) is 13.0. The number of benzene rings is 1. The van der Waals surface area contributed by atoms with E-state index in [1.807, 2.05) is 18.2 Å². The van der Waals surface area contributed by atoms with Crippen LogP contribution >= 0.6 is 11.3 Å². The van der Waals surface area contributed by atoms with Crippen LogP contribution in [-0.4, -0.2) is 25.3 Å². The Bertz CT molecular complexity index is 566. The van der Waals surface area contributed by atoms with E-state index in [9.17, 15) is 5.11 Å². The molecule has 0 amide bonds. The maximum absolute atomic E-state index is 10.1. The van der Waals surface area contributed by atoms with Crippen molar-refractivity contribution in [1.82, 2.24) is 0 Å². The van der Waals surface area contributed by atoms with Gasteiger partial charge in [0.2, 0.25) is 0 Å². The molecule has 0 radical (unpaired) electrons. The van der Waals surface area contributed by atoms with Crippen molar-refractivity contribution in [1.29, 1.82) is 0 Å². The number of methoxy groups -OCH3 is 1. The zero-order chi connectivity index (χ0) is 15.4. The minimum atomic E-state index is -0.562. The number of aliphatic hydroxyl groups excluding tert-OH is 1. The van der Waals surface area contributed by atoms with Gasteiger partial charge in [0, 0.05) is 35.6 Å². The number of rotatable bonds is 6. The second-order valence-electron chi connectivity index (χ2n) is 5.31. The van der Waals surface area contributed by atoms with Crippen LogP contribution in [0.25, 0.3) is 0 Å². The summed E-state index contributed by atoms with van der Waals surface area (Å²) >= 11 is 1.78. The first kappa shape index (κ1) is 15.9. The largest absolute Gasteiger partial charge is 0.496 e. The molecule has 0 spiro atoms. The lowest BCUT2D eigenvalue weighted by molar-refractivity contribution is 0.194. The van der Waals surface area contributed by atoms with Gasteiger partial charge in [-0.2, -0.15) is 0 Å². The van der Waals surface area contributed by atoms with Crippen LogP contribution in [0.1, 0.15) is 30.4 Å². The van der Waals surface area contributed by atoms with Crippen molar-refractivity contribution < 1.29 is 9.84 Å². The van der Waals surface area contributed by atoms with Crippen LogP contribution in [0.4, 0.5) is 5.69 Å². The highest BCUT2D eigenvalue weighted by Crippen LogP contribution is 2.35. The zero-order valence-corrected chi connectivity index (χ0v) is 13.9. The van der Waals surface area contributed by atoms with Gasteiger partial charge in [0.25, 0.3) is 0 Å². The molecule has 2 rings (SSSR count). The lowest BCUT2D eigenvalue weighted by atomic mass is 10.0. The van der Waals surface area contributed by atoms with Gasteiger partial charge >= 0.3 is 0 Å². The molecule has 0 fully saturated rings. The molecular weight excluding hydrogens is 282 g/mol. The Morgan fingerprint density at radius 1 is 1.24 bits per heavy atom. The van der Waals surface area contributed by atoms with Crippen molar-refractivity contribution >= 4 is 17.0 Å². The summed E-state index contributed by atoms with van der Waals surface area (Å²) in [7, 11) is 3.71. The van der Waals surface area contributed by atoms with E-state index in [4.69, 9.17) is 4.74 Å². The minimum Gasteiger partial charge on any atom is -0.496 e.